The lowest BCUT2D eigenvalue weighted by Gasteiger charge is -2.37. The van der Waals surface area contributed by atoms with E-state index >= 15 is 0 Å². The number of aliphatic hydroxyl groups is 2. The number of ether oxygens (including phenoxy) is 3. The Bertz CT molecular complexity index is 388. The molecule has 0 unspecified atom stereocenters. The molecule has 11 heteroatoms. The maximum Gasteiger partial charge on any atom is 0.240 e. The summed E-state index contributed by atoms with van der Waals surface area (Å²) in [6, 6.07) is 0. The van der Waals surface area contributed by atoms with Gasteiger partial charge < -0.3 is 24.4 Å². The van der Waals surface area contributed by atoms with E-state index in [2.05, 4.69) is 10.0 Å². The fourth-order valence-corrected chi connectivity index (χ4v) is 2.28. The Morgan fingerprint density at radius 1 is 1.21 bits per heavy atom. The molecule has 0 aromatic rings. The number of nitrogens with zero attached hydrogens (tertiary/aromatic N) is 3. The van der Waals surface area contributed by atoms with E-state index < -0.39 is 47.3 Å². The maximum atomic E-state index is 9.95. The van der Waals surface area contributed by atoms with Crippen LogP contribution >= 0.6 is 34.8 Å². The van der Waals surface area contributed by atoms with Crippen molar-refractivity contribution in [2.24, 2.45) is 5.11 Å². The zero-order valence-corrected chi connectivity index (χ0v) is 11.5. The summed E-state index contributed by atoms with van der Waals surface area (Å²) in [5.74, 6) is 0. The molecule has 108 valence electrons. The van der Waals surface area contributed by atoms with Gasteiger partial charge in [0.25, 0.3) is 0 Å². The van der Waals surface area contributed by atoms with Crippen molar-refractivity contribution in [1.82, 2.24) is 0 Å². The fraction of sp³-hybridized carbons (Fsp3) is 1.00. The summed E-state index contributed by atoms with van der Waals surface area (Å²) < 4.78 is 14.0. The first-order valence-corrected chi connectivity index (χ1v) is 6.38. The Kier molecular flexibility index (Phi) is 4.67. The molecule has 0 aromatic heterocycles. The largest absolute Gasteiger partial charge is 0.394 e. The van der Waals surface area contributed by atoms with Crippen LogP contribution in [-0.4, -0.2) is 57.5 Å². The summed E-state index contributed by atoms with van der Waals surface area (Å²) in [5.41, 5.74) is 8.47. The summed E-state index contributed by atoms with van der Waals surface area (Å²) in [6.07, 6.45) is -6.35. The monoisotopic (exact) mass is 333 g/mol. The zero-order valence-electron chi connectivity index (χ0n) is 9.27. The normalized spacial score (nSPS) is 42.6. The summed E-state index contributed by atoms with van der Waals surface area (Å²) in [4.78, 5) is 2.60. The lowest BCUT2D eigenvalue weighted by Crippen LogP contribution is -2.56. The molecule has 6 atom stereocenters. The number of fused-ring (bicyclic) bond motifs is 1. The van der Waals surface area contributed by atoms with Crippen molar-refractivity contribution in [1.29, 1.82) is 0 Å². The molecule has 2 heterocycles. The molecule has 2 fully saturated rings. The lowest BCUT2D eigenvalue weighted by atomic mass is 9.99. The first-order valence-electron chi connectivity index (χ1n) is 5.24. The molecule has 0 aromatic carbocycles. The van der Waals surface area contributed by atoms with Gasteiger partial charge in [-0.25, -0.2) is 0 Å². The third-order valence-electron chi connectivity index (χ3n) is 2.81. The van der Waals surface area contributed by atoms with Crippen LogP contribution in [0.3, 0.4) is 0 Å². The number of hydrogen-bond acceptors (Lipinski definition) is 6. The molecule has 0 amide bonds. The van der Waals surface area contributed by atoms with Crippen molar-refractivity contribution in [3.63, 3.8) is 0 Å². The van der Waals surface area contributed by atoms with E-state index in [0.717, 1.165) is 0 Å². The van der Waals surface area contributed by atoms with Crippen molar-refractivity contribution in [3.8, 4) is 0 Å². The summed E-state index contributed by atoms with van der Waals surface area (Å²) >= 11 is 17.0. The Labute approximate surface area is 122 Å². The molecule has 0 aliphatic carbocycles. The SMILES string of the molecule is [N-]=[N+]=N[C@@H]1O[C@H](CO)[C@H](O)[C@H]2O[C@H](C(Cl)(Cl)Cl)O[C@H]21. The molecular weight excluding hydrogens is 324 g/mol. The van der Waals surface area contributed by atoms with Gasteiger partial charge in [0, 0.05) is 4.91 Å². The fourth-order valence-electron chi connectivity index (χ4n) is 1.97. The maximum absolute atomic E-state index is 9.95. The van der Waals surface area contributed by atoms with E-state index in [1.165, 1.54) is 0 Å². The summed E-state index contributed by atoms with van der Waals surface area (Å²) in [7, 11) is 0. The molecule has 0 spiro atoms. The van der Waals surface area contributed by atoms with Crippen molar-refractivity contribution in [3.05, 3.63) is 10.4 Å². The predicted octanol–water partition coefficient (Wildman–Crippen LogP) is 0.855. The highest BCUT2D eigenvalue weighted by atomic mass is 35.6. The third-order valence-corrected chi connectivity index (χ3v) is 3.35. The van der Waals surface area contributed by atoms with Crippen molar-refractivity contribution in [2.75, 3.05) is 6.61 Å². The van der Waals surface area contributed by atoms with Gasteiger partial charge in [0.2, 0.25) is 10.1 Å². The second-order valence-electron chi connectivity index (χ2n) is 4.02. The van der Waals surface area contributed by atoms with Gasteiger partial charge >= 0.3 is 0 Å². The molecule has 0 saturated carbocycles. The van der Waals surface area contributed by atoms with Gasteiger partial charge in [-0.05, 0) is 5.53 Å². The minimum absolute atomic E-state index is 0.483. The predicted molar refractivity (Wildman–Crippen MR) is 64.7 cm³/mol. The standard InChI is InChI=1S/C8H10Cl3N3O5/c9-8(10,11)7-18-4-3(16)2(1-15)17-6(13-14-12)5(4)19-7/h2-7,15-16H,1H2/t2-,3+,4-,5-,6-,7+/m1/s1. The summed E-state index contributed by atoms with van der Waals surface area (Å²) in [6.45, 7) is -0.483. The van der Waals surface area contributed by atoms with Gasteiger partial charge in [-0.3, -0.25) is 0 Å². The quantitative estimate of drug-likeness (QED) is 0.336. The smallest absolute Gasteiger partial charge is 0.240 e. The van der Waals surface area contributed by atoms with Crippen LogP contribution in [0.5, 0.6) is 0 Å². The van der Waals surface area contributed by atoms with Gasteiger partial charge in [-0.2, -0.15) is 0 Å². The van der Waals surface area contributed by atoms with E-state index in [4.69, 9.17) is 59.7 Å². The van der Waals surface area contributed by atoms with Crippen LogP contribution in [0.15, 0.2) is 5.11 Å². The van der Waals surface area contributed by atoms with E-state index in [1.54, 1.807) is 0 Å². The van der Waals surface area contributed by atoms with Crippen LogP contribution in [0.2, 0.25) is 0 Å². The molecule has 2 aliphatic heterocycles. The highest BCUT2D eigenvalue weighted by Gasteiger charge is 2.56. The lowest BCUT2D eigenvalue weighted by molar-refractivity contribution is -0.194. The number of azide groups is 1. The molecule has 19 heavy (non-hydrogen) atoms. The van der Waals surface area contributed by atoms with Crippen LogP contribution in [-0.2, 0) is 14.2 Å². The number of aliphatic hydroxyl groups excluding tert-OH is 2. The molecule has 2 N–H and O–H groups in total. The minimum Gasteiger partial charge on any atom is -0.394 e. The van der Waals surface area contributed by atoms with Crippen LogP contribution in [0.4, 0.5) is 0 Å². The van der Waals surface area contributed by atoms with Gasteiger partial charge in [-0.1, -0.05) is 39.9 Å². The minimum atomic E-state index is -1.87. The second kappa shape index (κ2) is 5.77. The first-order chi connectivity index (χ1) is 8.88. The molecule has 0 bridgehead atoms. The Hall–Kier alpha value is -0.0200. The number of hydrogen-bond donors (Lipinski definition) is 2. The van der Waals surface area contributed by atoms with Crippen molar-refractivity contribution >= 4 is 34.8 Å². The van der Waals surface area contributed by atoms with Crippen molar-refractivity contribution in [2.45, 2.75) is 40.7 Å². The zero-order chi connectivity index (χ0) is 14.2. The molecule has 0 radical (unpaired) electrons. The highest BCUT2D eigenvalue weighted by molar-refractivity contribution is 6.67. The van der Waals surface area contributed by atoms with Gasteiger partial charge in [0.1, 0.15) is 24.4 Å². The van der Waals surface area contributed by atoms with Gasteiger partial charge in [0.05, 0.1) is 6.61 Å². The first kappa shape index (κ1) is 15.4. The Morgan fingerprint density at radius 3 is 2.37 bits per heavy atom. The Balaban J connectivity index is 2.22. The van der Waals surface area contributed by atoms with Crippen LogP contribution in [0.25, 0.3) is 10.4 Å². The number of alkyl halides is 3. The highest BCUT2D eigenvalue weighted by Crippen LogP contribution is 2.42. The van der Waals surface area contributed by atoms with E-state index in [1.807, 2.05) is 0 Å². The van der Waals surface area contributed by atoms with E-state index in [-0.39, 0.29) is 0 Å². The van der Waals surface area contributed by atoms with Crippen molar-refractivity contribution < 1.29 is 24.4 Å². The van der Waals surface area contributed by atoms with E-state index in [0.29, 0.717) is 0 Å². The average molecular weight is 335 g/mol. The van der Waals surface area contributed by atoms with Crippen LogP contribution in [0.1, 0.15) is 0 Å². The molecular formula is C8H10Cl3N3O5. The van der Waals surface area contributed by atoms with Crippen LogP contribution < -0.4 is 0 Å². The van der Waals surface area contributed by atoms with Gasteiger partial charge in [-0.15, -0.1) is 0 Å². The Morgan fingerprint density at radius 2 is 1.84 bits per heavy atom. The second-order valence-corrected chi connectivity index (χ2v) is 6.39. The van der Waals surface area contributed by atoms with Gasteiger partial charge in [0.15, 0.2) is 6.23 Å². The molecule has 2 rings (SSSR count). The molecule has 2 aliphatic rings. The number of halogens is 3. The molecule has 8 nitrogen and oxygen atoms in total. The number of rotatable bonds is 2. The topological polar surface area (TPSA) is 117 Å². The van der Waals surface area contributed by atoms with Crippen LogP contribution in [0, 0.1) is 0 Å². The third kappa shape index (κ3) is 3.02. The average Bonchev–Trinajstić information content (AvgIpc) is 2.78. The molecule has 2 saturated heterocycles. The summed E-state index contributed by atoms with van der Waals surface area (Å²) in [5, 5.41) is 22.4. The van der Waals surface area contributed by atoms with E-state index in [9.17, 15) is 5.11 Å².